The van der Waals surface area contributed by atoms with E-state index in [0.717, 1.165) is 17.7 Å². The van der Waals surface area contributed by atoms with Crippen molar-refractivity contribution < 1.29 is 9.59 Å². The average molecular weight is 296 g/mol. The molecule has 20 heavy (non-hydrogen) atoms. The van der Waals surface area contributed by atoms with Crippen LogP contribution in [0, 0.1) is 0 Å². The summed E-state index contributed by atoms with van der Waals surface area (Å²) in [5.74, 6) is -0.285. The van der Waals surface area contributed by atoms with Gasteiger partial charge >= 0.3 is 0 Å². The van der Waals surface area contributed by atoms with Gasteiger partial charge in [0.15, 0.2) is 0 Å². The molecule has 6 heteroatoms. The van der Waals surface area contributed by atoms with Crippen molar-refractivity contribution >= 4 is 29.1 Å². The molecule has 2 unspecified atom stereocenters. The maximum absolute atomic E-state index is 12.0. The molecule has 0 bridgehead atoms. The van der Waals surface area contributed by atoms with Crippen LogP contribution in [0.25, 0.3) is 0 Å². The van der Waals surface area contributed by atoms with Crippen molar-refractivity contribution in [1.29, 1.82) is 0 Å². The van der Waals surface area contributed by atoms with E-state index in [0.29, 0.717) is 11.6 Å². The quantitative estimate of drug-likeness (QED) is 0.776. The summed E-state index contributed by atoms with van der Waals surface area (Å²) in [6.07, 6.45) is 0.876. The SMILES string of the molecule is CCCNC(=O)C(C)NC1C(=O)Nc2ccc(Cl)cc21. The largest absolute Gasteiger partial charge is 0.355 e. The van der Waals surface area contributed by atoms with Crippen molar-refractivity contribution in [2.75, 3.05) is 11.9 Å². The number of nitrogens with one attached hydrogen (secondary N) is 3. The molecule has 1 aliphatic heterocycles. The van der Waals surface area contributed by atoms with Gasteiger partial charge in [0, 0.05) is 22.8 Å². The Morgan fingerprint density at radius 3 is 2.95 bits per heavy atom. The molecular weight excluding hydrogens is 278 g/mol. The summed E-state index contributed by atoms with van der Waals surface area (Å²) in [6, 6.07) is 4.22. The van der Waals surface area contributed by atoms with Crippen LogP contribution in [-0.4, -0.2) is 24.4 Å². The van der Waals surface area contributed by atoms with Crippen LogP contribution in [0.15, 0.2) is 18.2 Å². The first-order valence-electron chi connectivity index (χ1n) is 6.67. The Hall–Kier alpha value is -1.59. The lowest BCUT2D eigenvalue weighted by molar-refractivity contribution is -0.123. The second-order valence-electron chi connectivity index (χ2n) is 4.83. The standard InChI is InChI=1S/C14H18ClN3O2/c1-3-6-16-13(19)8(2)17-12-10-7-9(15)4-5-11(10)18-14(12)20/h4-5,7-8,12,17H,3,6H2,1-2H3,(H,16,19)(H,18,20). The van der Waals surface area contributed by atoms with Gasteiger partial charge < -0.3 is 10.6 Å². The first-order chi connectivity index (χ1) is 9.52. The summed E-state index contributed by atoms with van der Waals surface area (Å²) in [7, 11) is 0. The summed E-state index contributed by atoms with van der Waals surface area (Å²) in [4.78, 5) is 23.8. The molecule has 2 amide bonds. The fourth-order valence-electron chi connectivity index (χ4n) is 2.12. The Balaban J connectivity index is 2.08. The Bertz CT molecular complexity index is 533. The lowest BCUT2D eigenvalue weighted by Gasteiger charge is -2.18. The first kappa shape index (κ1) is 14.8. The fraction of sp³-hybridized carbons (Fsp3) is 0.429. The minimum Gasteiger partial charge on any atom is -0.355 e. The molecule has 0 saturated carbocycles. The predicted molar refractivity (Wildman–Crippen MR) is 78.7 cm³/mol. The van der Waals surface area contributed by atoms with Crippen molar-refractivity contribution in [3.8, 4) is 0 Å². The Morgan fingerprint density at radius 2 is 2.25 bits per heavy atom. The zero-order valence-corrected chi connectivity index (χ0v) is 12.3. The summed E-state index contributed by atoms with van der Waals surface area (Å²) >= 11 is 5.96. The highest BCUT2D eigenvalue weighted by atomic mass is 35.5. The number of amides is 2. The minimum absolute atomic E-state index is 0.116. The molecule has 0 aliphatic carbocycles. The van der Waals surface area contributed by atoms with E-state index >= 15 is 0 Å². The van der Waals surface area contributed by atoms with Crippen LogP contribution in [0.5, 0.6) is 0 Å². The number of anilines is 1. The molecular formula is C14H18ClN3O2. The maximum Gasteiger partial charge on any atom is 0.246 e. The van der Waals surface area contributed by atoms with Gasteiger partial charge in [-0.05, 0) is 31.5 Å². The molecule has 3 N–H and O–H groups in total. The molecule has 2 rings (SSSR count). The molecule has 0 aromatic heterocycles. The Kier molecular flexibility index (Phi) is 4.62. The van der Waals surface area contributed by atoms with Gasteiger partial charge in [0.05, 0.1) is 6.04 Å². The van der Waals surface area contributed by atoms with Gasteiger partial charge in [-0.25, -0.2) is 0 Å². The first-order valence-corrected chi connectivity index (χ1v) is 7.04. The number of carbonyl (C=O) groups excluding carboxylic acids is 2. The molecule has 1 heterocycles. The van der Waals surface area contributed by atoms with Crippen LogP contribution in [-0.2, 0) is 9.59 Å². The molecule has 0 spiro atoms. The van der Waals surface area contributed by atoms with Crippen molar-refractivity contribution in [3.63, 3.8) is 0 Å². The van der Waals surface area contributed by atoms with Crippen LogP contribution in [0.3, 0.4) is 0 Å². The maximum atomic E-state index is 12.0. The van der Waals surface area contributed by atoms with Gasteiger partial charge in [-0.3, -0.25) is 14.9 Å². The van der Waals surface area contributed by atoms with Crippen molar-refractivity contribution in [3.05, 3.63) is 28.8 Å². The number of rotatable bonds is 5. The van der Waals surface area contributed by atoms with Crippen molar-refractivity contribution in [2.24, 2.45) is 0 Å². The minimum atomic E-state index is -0.550. The molecule has 1 aliphatic rings. The van der Waals surface area contributed by atoms with Gasteiger partial charge in [0.1, 0.15) is 6.04 Å². The highest BCUT2D eigenvalue weighted by Crippen LogP contribution is 2.33. The van der Waals surface area contributed by atoms with E-state index in [4.69, 9.17) is 11.6 Å². The van der Waals surface area contributed by atoms with E-state index < -0.39 is 12.1 Å². The predicted octanol–water partition coefficient (Wildman–Crippen LogP) is 1.84. The van der Waals surface area contributed by atoms with Crippen LogP contribution in [0.4, 0.5) is 5.69 Å². The second-order valence-corrected chi connectivity index (χ2v) is 5.27. The normalized spacial score (nSPS) is 18.4. The van der Waals surface area contributed by atoms with E-state index in [1.807, 2.05) is 6.92 Å². The molecule has 1 aromatic rings. The third kappa shape index (κ3) is 3.11. The van der Waals surface area contributed by atoms with Crippen molar-refractivity contribution in [1.82, 2.24) is 10.6 Å². The van der Waals surface area contributed by atoms with E-state index in [1.165, 1.54) is 0 Å². The Morgan fingerprint density at radius 1 is 1.50 bits per heavy atom. The molecule has 108 valence electrons. The van der Waals surface area contributed by atoms with Crippen LogP contribution in [0.1, 0.15) is 31.9 Å². The highest BCUT2D eigenvalue weighted by molar-refractivity contribution is 6.31. The van der Waals surface area contributed by atoms with Gasteiger partial charge in [-0.2, -0.15) is 0 Å². The molecule has 0 fully saturated rings. The average Bonchev–Trinajstić information content (AvgIpc) is 2.72. The van der Waals surface area contributed by atoms with Gasteiger partial charge in [0.2, 0.25) is 11.8 Å². The number of hydrogen-bond donors (Lipinski definition) is 3. The second kappa shape index (κ2) is 6.24. The smallest absolute Gasteiger partial charge is 0.246 e. The zero-order chi connectivity index (χ0) is 14.7. The molecule has 2 atom stereocenters. The van der Waals surface area contributed by atoms with E-state index in [2.05, 4.69) is 16.0 Å². The summed E-state index contributed by atoms with van der Waals surface area (Å²) in [5.41, 5.74) is 1.51. The van der Waals surface area contributed by atoms with Gasteiger partial charge in [-0.15, -0.1) is 0 Å². The van der Waals surface area contributed by atoms with E-state index in [1.54, 1.807) is 25.1 Å². The number of fused-ring (bicyclic) bond motifs is 1. The van der Waals surface area contributed by atoms with E-state index in [9.17, 15) is 9.59 Å². The Labute approximate surface area is 123 Å². The number of benzene rings is 1. The topological polar surface area (TPSA) is 70.2 Å². The van der Waals surface area contributed by atoms with Crippen LogP contribution >= 0.6 is 11.6 Å². The van der Waals surface area contributed by atoms with Crippen LogP contribution < -0.4 is 16.0 Å². The molecule has 0 saturated heterocycles. The third-order valence-corrected chi connectivity index (χ3v) is 3.44. The molecule has 5 nitrogen and oxygen atoms in total. The highest BCUT2D eigenvalue weighted by Gasteiger charge is 2.32. The summed E-state index contributed by atoms with van der Waals surface area (Å²) < 4.78 is 0. The zero-order valence-electron chi connectivity index (χ0n) is 11.5. The number of hydrogen-bond acceptors (Lipinski definition) is 3. The fourth-order valence-corrected chi connectivity index (χ4v) is 2.31. The number of halogens is 1. The summed E-state index contributed by atoms with van der Waals surface area (Å²) in [6.45, 7) is 4.35. The van der Waals surface area contributed by atoms with Crippen LogP contribution in [0.2, 0.25) is 5.02 Å². The molecule has 1 aromatic carbocycles. The number of carbonyl (C=O) groups is 2. The van der Waals surface area contributed by atoms with E-state index in [-0.39, 0.29) is 11.8 Å². The lowest BCUT2D eigenvalue weighted by Crippen LogP contribution is -2.45. The summed E-state index contributed by atoms with van der Waals surface area (Å²) in [5, 5.41) is 9.17. The lowest BCUT2D eigenvalue weighted by atomic mass is 10.1. The monoisotopic (exact) mass is 295 g/mol. The third-order valence-electron chi connectivity index (χ3n) is 3.20. The van der Waals surface area contributed by atoms with Gasteiger partial charge in [0.25, 0.3) is 0 Å². The molecule has 0 radical (unpaired) electrons. The van der Waals surface area contributed by atoms with Gasteiger partial charge in [-0.1, -0.05) is 18.5 Å². The van der Waals surface area contributed by atoms with Crippen molar-refractivity contribution in [2.45, 2.75) is 32.4 Å².